The topological polar surface area (TPSA) is 50.0 Å². The number of rotatable bonds is 9. The molecular formula is C17H26IN3O2S. The summed E-state index contributed by atoms with van der Waals surface area (Å²) >= 11 is 1.80. The van der Waals surface area contributed by atoms with Gasteiger partial charge in [-0.05, 0) is 36.4 Å². The fourth-order valence-electron chi connectivity index (χ4n) is 2.17. The third-order valence-electron chi connectivity index (χ3n) is 3.42. The number of ether oxygens (including phenoxy) is 1. The zero-order valence-corrected chi connectivity index (χ0v) is 17.4. The summed E-state index contributed by atoms with van der Waals surface area (Å²) in [6, 6.07) is 8.06. The van der Waals surface area contributed by atoms with Gasteiger partial charge in [-0.2, -0.15) is 0 Å². The van der Waals surface area contributed by atoms with Gasteiger partial charge in [-0.3, -0.25) is 4.99 Å². The Morgan fingerprint density at radius 3 is 2.92 bits per heavy atom. The summed E-state index contributed by atoms with van der Waals surface area (Å²) in [7, 11) is 3.88. The molecule has 134 valence electrons. The highest BCUT2D eigenvalue weighted by atomic mass is 127. The van der Waals surface area contributed by atoms with Crippen molar-refractivity contribution in [2.75, 3.05) is 33.8 Å². The van der Waals surface area contributed by atoms with E-state index in [9.17, 15) is 0 Å². The molecule has 0 spiro atoms. The molecule has 2 aromatic rings. The lowest BCUT2D eigenvalue weighted by atomic mass is 10.3. The first-order chi connectivity index (χ1) is 11.3. The number of furan rings is 1. The normalized spacial score (nSPS) is 11.2. The zero-order chi connectivity index (χ0) is 16.3. The van der Waals surface area contributed by atoms with Crippen LogP contribution in [0.4, 0.5) is 0 Å². The molecule has 0 aliphatic carbocycles. The summed E-state index contributed by atoms with van der Waals surface area (Å²) in [4.78, 5) is 7.88. The molecule has 5 nitrogen and oxygen atoms in total. The summed E-state index contributed by atoms with van der Waals surface area (Å²) in [6.45, 7) is 3.02. The van der Waals surface area contributed by atoms with Crippen molar-refractivity contribution in [2.45, 2.75) is 19.4 Å². The Kier molecular flexibility index (Phi) is 10.8. The van der Waals surface area contributed by atoms with E-state index in [1.165, 1.54) is 4.88 Å². The fourth-order valence-corrected chi connectivity index (χ4v) is 2.86. The van der Waals surface area contributed by atoms with E-state index in [4.69, 9.17) is 9.15 Å². The first kappa shape index (κ1) is 21.0. The molecule has 0 amide bonds. The smallest absolute Gasteiger partial charge is 0.193 e. The standard InChI is InChI=1S/C17H25N3O2S.HI/c1-18-17(20(2)10-8-16-7-4-13-23-16)19-9-5-11-21-14-15-6-3-12-22-15;/h3-4,6-7,12-13H,5,8-11,14H2,1-2H3,(H,18,19);1H. The second-order valence-electron chi connectivity index (χ2n) is 5.21. The molecule has 0 aromatic carbocycles. The highest BCUT2D eigenvalue weighted by Gasteiger charge is 2.05. The van der Waals surface area contributed by atoms with Crippen LogP contribution in [-0.2, 0) is 17.8 Å². The van der Waals surface area contributed by atoms with E-state index in [1.54, 1.807) is 17.6 Å². The SMILES string of the molecule is CN=C(NCCCOCc1ccco1)N(C)CCc1cccs1.I. The van der Waals surface area contributed by atoms with Gasteiger partial charge in [0.05, 0.1) is 6.26 Å². The van der Waals surface area contributed by atoms with Crippen LogP contribution < -0.4 is 5.32 Å². The number of aliphatic imine (C=N–C) groups is 1. The van der Waals surface area contributed by atoms with Crippen molar-refractivity contribution in [2.24, 2.45) is 4.99 Å². The van der Waals surface area contributed by atoms with Gasteiger partial charge in [-0.25, -0.2) is 0 Å². The van der Waals surface area contributed by atoms with E-state index in [-0.39, 0.29) is 24.0 Å². The number of nitrogens with one attached hydrogen (secondary N) is 1. The highest BCUT2D eigenvalue weighted by Crippen LogP contribution is 2.09. The van der Waals surface area contributed by atoms with Crippen molar-refractivity contribution < 1.29 is 9.15 Å². The third kappa shape index (κ3) is 7.67. The largest absolute Gasteiger partial charge is 0.467 e. The molecule has 0 unspecified atom stereocenters. The van der Waals surface area contributed by atoms with Crippen LogP contribution in [0.3, 0.4) is 0 Å². The van der Waals surface area contributed by atoms with Crippen molar-refractivity contribution in [1.82, 2.24) is 10.2 Å². The van der Waals surface area contributed by atoms with E-state index in [2.05, 4.69) is 39.8 Å². The molecule has 24 heavy (non-hydrogen) atoms. The Morgan fingerprint density at radius 1 is 1.38 bits per heavy atom. The maximum atomic E-state index is 5.56. The van der Waals surface area contributed by atoms with E-state index in [1.807, 2.05) is 19.2 Å². The number of hydrogen-bond acceptors (Lipinski definition) is 4. The van der Waals surface area contributed by atoms with Gasteiger partial charge >= 0.3 is 0 Å². The van der Waals surface area contributed by atoms with Crippen LogP contribution in [0.2, 0.25) is 0 Å². The summed E-state index contributed by atoms with van der Waals surface area (Å²) < 4.78 is 10.8. The molecule has 2 aromatic heterocycles. The van der Waals surface area contributed by atoms with Gasteiger partial charge < -0.3 is 19.4 Å². The van der Waals surface area contributed by atoms with Crippen molar-refractivity contribution >= 4 is 41.3 Å². The number of hydrogen-bond donors (Lipinski definition) is 1. The van der Waals surface area contributed by atoms with E-state index >= 15 is 0 Å². The molecule has 0 saturated heterocycles. The van der Waals surface area contributed by atoms with Crippen molar-refractivity contribution in [1.29, 1.82) is 0 Å². The minimum Gasteiger partial charge on any atom is -0.467 e. The number of guanidine groups is 1. The summed E-state index contributed by atoms with van der Waals surface area (Å²) in [6.07, 6.45) is 3.63. The van der Waals surface area contributed by atoms with Gasteiger partial charge in [0.2, 0.25) is 0 Å². The van der Waals surface area contributed by atoms with Gasteiger partial charge in [-0.1, -0.05) is 6.07 Å². The van der Waals surface area contributed by atoms with Crippen LogP contribution in [0.5, 0.6) is 0 Å². The maximum Gasteiger partial charge on any atom is 0.193 e. The second-order valence-corrected chi connectivity index (χ2v) is 6.24. The van der Waals surface area contributed by atoms with Crippen LogP contribution in [0.15, 0.2) is 45.3 Å². The Bertz CT molecular complexity index is 558. The number of nitrogens with zero attached hydrogens (tertiary/aromatic N) is 2. The number of thiophene rings is 1. The average molecular weight is 463 g/mol. The Balaban J connectivity index is 0.00000288. The summed E-state index contributed by atoms with van der Waals surface area (Å²) in [5.41, 5.74) is 0. The van der Waals surface area contributed by atoms with Crippen LogP contribution in [0.1, 0.15) is 17.1 Å². The monoisotopic (exact) mass is 463 g/mol. The molecule has 2 heterocycles. The molecule has 0 atom stereocenters. The van der Waals surface area contributed by atoms with Crippen molar-refractivity contribution in [3.63, 3.8) is 0 Å². The molecule has 0 radical (unpaired) electrons. The van der Waals surface area contributed by atoms with Crippen LogP contribution >= 0.6 is 35.3 Å². The molecule has 0 fully saturated rings. The van der Waals surface area contributed by atoms with Gasteiger partial charge in [0, 0.05) is 38.7 Å². The molecule has 0 saturated carbocycles. The van der Waals surface area contributed by atoms with Gasteiger partial charge in [0.25, 0.3) is 0 Å². The molecule has 0 aliphatic rings. The zero-order valence-electron chi connectivity index (χ0n) is 14.2. The molecule has 2 rings (SSSR count). The molecule has 1 N–H and O–H groups in total. The maximum absolute atomic E-state index is 5.56. The van der Waals surface area contributed by atoms with E-state index in [0.29, 0.717) is 13.2 Å². The predicted molar refractivity (Wildman–Crippen MR) is 110 cm³/mol. The second kappa shape index (κ2) is 12.3. The minimum atomic E-state index is 0. The number of halogens is 1. The van der Waals surface area contributed by atoms with Gasteiger partial charge in [0.15, 0.2) is 5.96 Å². The first-order valence-electron chi connectivity index (χ1n) is 7.84. The molecule has 7 heteroatoms. The van der Waals surface area contributed by atoms with E-state index < -0.39 is 0 Å². The highest BCUT2D eigenvalue weighted by molar-refractivity contribution is 14.0. The third-order valence-corrected chi connectivity index (χ3v) is 4.36. The number of likely N-dealkylation sites (N-methyl/N-ethyl adjacent to an activating group) is 1. The van der Waals surface area contributed by atoms with Crippen LogP contribution in [-0.4, -0.2) is 44.7 Å². The molecular weight excluding hydrogens is 437 g/mol. The molecule has 0 bridgehead atoms. The predicted octanol–water partition coefficient (Wildman–Crippen LogP) is 3.62. The lowest BCUT2D eigenvalue weighted by Gasteiger charge is -2.21. The van der Waals surface area contributed by atoms with Crippen LogP contribution in [0, 0.1) is 0 Å². The average Bonchev–Trinajstić information content (AvgIpc) is 3.25. The summed E-state index contributed by atoms with van der Waals surface area (Å²) in [5, 5.41) is 5.49. The Morgan fingerprint density at radius 2 is 2.25 bits per heavy atom. The van der Waals surface area contributed by atoms with Crippen LogP contribution in [0.25, 0.3) is 0 Å². The van der Waals surface area contributed by atoms with Gasteiger partial charge in [0.1, 0.15) is 12.4 Å². The Hall–Kier alpha value is -1.06. The van der Waals surface area contributed by atoms with Crippen molar-refractivity contribution in [3.8, 4) is 0 Å². The minimum absolute atomic E-state index is 0. The quantitative estimate of drug-likeness (QED) is 0.267. The summed E-state index contributed by atoms with van der Waals surface area (Å²) in [5.74, 6) is 1.79. The van der Waals surface area contributed by atoms with Gasteiger partial charge in [-0.15, -0.1) is 35.3 Å². The molecule has 0 aliphatic heterocycles. The first-order valence-corrected chi connectivity index (χ1v) is 8.72. The van der Waals surface area contributed by atoms with Crippen molar-refractivity contribution in [3.05, 3.63) is 46.5 Å². The Labute approximate surface area is 165 Å². The lowest BCUT2D eigenvalue weighted by molar-refractivity contribution is 0.104. The fraction of sp³-hybridized carbons (Fsp3) is 0.471. The van der Waals surface area contributed by atoms with E-state index in [0.717, 1.165) is 37.7 Å². The lowest BCUT2D eigenvalue weighted by Crippen LogP contribution is -2.40.